The molecule has 1 saturated heterocycles. The van der Waals surface area contributed by atoms with Gasteiger partial charge < -0.3 is 14.7 Å². The Balaban J connectivity index is 0.00000288. The molecule has 1 aliphatic rings. The summed E-state index contributed by atoms with van der Waals surface area (Å²) < 4.78 is 43.8. The summed E-state index contributed by atoms with van der Waals surface area (Å²) in [7, 11) is 0. The van der Waals surface area contributed by atoms with Crippen LogP contribution in [0.15, 0.2) is 9.52 Å². The van der Waals surface area contributed by atoms with Crippen molar-refractivity contribution in [1.29, 1.82) is 0 Å². The third-order valence-corrected chi connectivity index (χ3v) is 3.68. The Hall–Kier alpha value is -1.07. The minimum absolute atomic E-state index is 0. The number of nitrogens with zero attached hydrogens (tertiary/aromatic N) is 4. The Morgan fingerprint density at radius 1 is 1.46 bits per heavy atom. The molecule has 0 aliphatic carbocycles. The molecule has 10 heteroatoms. The predicted octanol–water partition coefficient (Wildman–Crippen LogP) is 2.78. The highest BCUT2D eigenvalue weighted by molar-refractivity contribution is 14.0. The Labute approximate surface area is 156 Å². The van der Waals surface area contributed by atoms with Crippen LogP contribution in [0.5, 0.6) is 0 Å². The van der Waals surface area contributed by atoms with Crippen molar-refractivity contribution < 1.29 is 17.7 Å². The summed E-state index contributed by atoms with van der Waals surface area (Å²) in [6.07, 6.45) is -3.00. The molecule has 1 aliphatic heterocycles. The van der Waals surface area contributed by atoms with E-state index in [-0.39, 0.29) is 36.9 Å². The summed E-state index contributed by atoms with van der Waals surface area (Å²) in [5, 5.41) is 6.75. The lowest BCUT2D eigenvalue weighted by Gasteiger charge is -2.35. The zero-order valence-electron chi connectivity index (χ0n) is 13.8. The molecule has 0 radical (unpaired) electrons. The Bertz CT molecular complexity index is 535. The van der Waals surface area contributed by atoms with Crippen molar-refractivity contribution >= 4 is 29.9 Å². The highest BCUT2D eigenvalue weighted by Gasteiger charge is 2.42. The molecule has 0 bridgehead atoms. The van der Waals surface area contributed by atoms with E-state index < -0.39 is 12.1 Å². The van der Waals surface area contributed by atoms with Gasteiger partial charge in [0.2, 0.25) is 5.89 Å². The minimum Gasteiger partial charge on any atom is -0.357 e. The number of likely N-dealkylation sites (tertiary alicyclic amines) is 1. The summed E-state index contributed by atoms with van der Waals surface area (Å²) >= 11 is 0. The number of alkyl halides is 3. The van der Waals surface area contributed by atoms with Crippen LogP contribution in [-0.4, -0.2) is 53.4 Å². The van der Waals surface area contributed by atoms with Crippen LogP contribution >= 0.6 is 24.0 Å². The maximum absolute atomic E-state index is 12.9. The molecule has 6 nitrogen and oxygen atoms in total. The fourth-order valence-electron chi connectivity index (χ4n) is 2.56. The molecule has 0 spiro atoms. The fraction of sp³-hybridized carbons (Fsp3) is 0.786. The normalized spacial score (nSPS) is 19.1. The standard InChI is InChI=1S/C14H22F3N5O.HI/c1-3-18-13(19-7-6-12-20-10(2)21-23-12)22-8-4-5-11(9-22)14(15,16)17;/h11H,3-9H2,1-2H3,(H,18,19);1H. The number of aromatic nitrogens is 2. The van der Waals surface area contributed by atoms with Crippen molar-refractivity contribution in [3.63, 3.8) is 0 Å². The molecular weight excluding hydrogens is 438 g/mol. The number of hydrogen-bond acceptors (Lipinski definition) is 4. The summed E-state index contributed by atoms with van der Waals surface area (Å²) in [6, 6.07) is 0. The summed E-state index contributed by atoms with van der Waals surface area (Å²) in [5.41, 5.74) is 0. The van der Waals surface area contributed by atoms with E-state index in [1.165, 1.54) is 0 Å². The highest BCUT2D eigenvalue weighted by atomic mass is 127. The van der Waals surface area contributed by atoms with Gasteiger partial charge in [0, 0.05) is 26.1 Å². The second-order valence-corrected chi connectivity index (χ2v) is 5.55. The first-order valence-electron chi connectivity index (χ1n) is 7.79. The predicted molar refractivity (Wildman–Crippen MR) is 94.5 cm³/mol. The van der Waals surface area contributed by atoms with Crippen molar-refractivity contribution in [2.75, 3.05) is 26.2 Å². The molecular formula is C14H23F3IN5O. The maximum Gasteiger partial charge on any atom is 0.393 e. The first-order valence-corrected chi connectivity index (χ1v) is 7.79. The number of rotatable bonds is 4. The first kappa shape index (κ1) is 21.0. The van der Waals surface area contributed by atoms with Crippen LogP contribution in [-0.2, 0) is 6.42 Å². The lowest BCUT2D eigenvalue weighted by Crippen LogP contribution is -2.49. The number of aliphatic imine (C=N–C) groups is 1. The lowest BCUT2D eigenvalue weighted by molar-refractivity contribution is -0.183. The van der Waals surface area contributed by atoms with Gasteiger partial charge >= 0.3 is 6.18 Å². The number of aryl methyl sites for hydroxylation is 1. The van der Waals surface area contributed by atoms with Gasteiger partial charge in [0.15, 0.2) is 11.8 Å². The molecule has 0 aromatic carbocycles. The second kappa shape index (κ2) is 9.42. The largest absolute Gasteiger partial charge is 0.393 e. The van der Waals surface area contributed by atoms with Gasteiger partial charge in [0.25, 0.3) is 0 Å². The van der Waals surface area contributed by atoms with Crippen LogP contribution in [0.3, 0.4) is 0 Å². The van der Waals surface area contributed by atoms with Crippen LogP contribution in [0, 0.1) is 12.8 Å². The van der Waals surface area contributed by atoms with Crippen LogP contribution in [0.2, 0.25) is 0 Å². The van der Waals surface area contributed by atoms with Gasteiger partial charge in [-0.15, -0.1) is 24.0 Å². The molecule has 24 heavy (non-hydrogen) atoms. The maximum atomic E-state index is 12.9. The average molecular weight is 461 g/mol. The van der Waals surface area contributed by atoms with E-state index in [0.717, 1.165) is 0 Å². The smallest absolute Gasteiger partial charge is 0.357 e. The first-order chi connectivity index (χ1) is 10.9. The molecule has 1 unspecified atom stereocenters. The molecule has 1 atom stereocenters. The van der Waals surface area contributed by atoms with Gasteiger partial charge in [0.1, 0.15) is 0 Å². The van der Waals surface area contributed by atoms with E-state index in [1.807, 2.05) is 6.92 Å². The fourth-order valence-corrected chi connectivity index (χ4v) is 2.56. The quantitative estimate of drug-likeness (QED) is 0.425. The molecule has 1 fully saturated rings. The number of piperidine rings is 1. The highest BCUT2D eigenvalue weighted by Crippen LogP contribution is 2.33. The van der Waals surface area contributed by atoms with Gasteiger partial charge in [-0.25, -0.2) is 0 Å². The molecule has 138 valence electrons. The van der Waals surface area contributed by atoms with E-state index >= 15 is 0 Å². The van der Waals surface area contributed by atoms with Crippen molar-refractivity contribution in [2.24, 2.45) is 10.9 Å². The summed E-state index contributed by atoms with van der Waals surface area (Å²) in [6.45, 7) is 5.14. The molecule has 2 rings (SSSR count). The molecule has 0 saturated carbocycles. The third kappa shape index (κ3) is 6.10. The van der Waals surface area contributed by atoms with Crippen molar-refractivity contribution in [2.45, 2.75) is 39.3 Å². The van der Waals surface area contributed by atoms with E-state index in [0.29, 0.717) is 50.2 Å². The van der Waals surface area contributed by atoms with Crippen molar-refractivity contribution in [3.05, 3.63) is 11.7 Å². The van der Waals surface area contributed by atoms with Gasteiger partial charge in [-0.05, 0) is 26.7 Å². The number of guanidine groups is 1. The monoisotopic (exact) mass is 461 g/mol. The van der Waals surface area contributed by atoms with Crippen LogP contribution in [0.4, 0.5) is 13.2 Å². The number of nitrogens with one attached hydrogen (secondary N) is 1. The van der Waals surface area contributed by atoms with Crippen molar-refractivity contribution in [1.82, 2.24) is 20.4 Å². The molecule has 1 N–H and O–H groups in total. The zero-order valence-corrected chi connectivity index (χ0v) is 16.1. The van der Waals surface area contributed by atoms with Gasteiger partial charge in [0.05, 0.1) is 12.5 Å². The lowest BCUT2D eigenvalue weighted by atomic mass is 9.98. The Morgan fingerprint density at radius 2 is 2.21 bits per heavy atom. The second-order valence-electron chi connectivity index (χ2n) is 5.55. The number of hydrogen-bond donors (Lipinski definition) is 1. The van der Waals surface area contributed by atoms with Gasteiger partial charge in [-0.3, -0.25) is 4.99 Å². The molecule has 1 aromatic rings. The van der Waals surface area contributed by atoms with E-state index in [4.69, 9.17) is 4.52 Å². The molecule has 2 heterocycles. The van der Waals surface area contributed by atoms with Crippen LogP contribution < -0.4 is 5.32 Å². The van der Waals surface area contributed by atoms with Gasteiger partial charge in [-0.2, -0.15) is 18.2 Å². The number of halogens is 4. The van der Waals surface area contributed by atoms with Crippen molar-refractivity contribution in [3.8, 4) is 0 Å². The molecule has 0 amide bonds. The summed E-state index contributed by atoms with van der Waals surface area (Å²) in [5.74, 6) is 0.255. The van der Waals surface area contributed by atoms with E-state index in [2.05, 4.69) is 20.4 Å². The SMILES string of the molecule is CCNC(=NCCc1nc(C)no1)N1CCCC(C(F)(F)F)C1.I. The van der Waals surface area contributed by atoms with E-state index in [1.54, 1.807) is 11.8 Å². The Morgan fingerprint density at radius 3 is 2.79 bits per heavy atom. The Kier molecular flexibility index (Phi) is 8.23. The summed E-state index contributed by atoms with van der Waals surface area (Å²) in [4.78, 5) is 10.2. The van der Waals surface area contributed by atoms with Gasteiger partial charge in [-0.1, -0.05) is 5.16 Å². The van der Waals surface area contributed by atoms with Crippen LogP contribution in [0.25, 0.3) is 0 Å². The zero-order chi connectivity index (χ0) is 16.9. The third-order valence-electron chi connectivity index (χ3n) is 3.68. The minimum atomic E-state index is -4.16. The van der Waals surface area contributed by atoms with E-state index in [9.17, 15) is 13.2 Å². The topological polar surface area (TPSA) is 66.5 Å². The average Bonchev–Trinajstić information content (AvgIpc) is 2.91. The molecule has 1 aromatic heterocycles. The van der Waals surface area contributed by atoms with Crippen LogP contribution in [0.1, 0.15) is 31.5 Å².